The number of hydrogen-bond acceptors (Lipinski definition) is 5. The first-order valence-corrected chi connectivity index (χ1v) is 6.92. The molecule has 1 aliphatic heterocycles. The van der Waals surface area contributed by atoms with Crippen molar-refractivity contribution in [3.63, 3.8) is 0 Å². The number of nitrogens with zero attached hydrogens (tertiary/aromatic N) is 3. The van der Waals surface area contributed by atoms with E-state index in [1.807, 2.05) is 13.8 Å². The average molecular weight is 253 g/mol. The Morgan fingerprint density at radius 2 is 2.33 bits per heavy atom. The molecule has 1 fully saturated rings. The minimum Gasteiger partial charge on any atom is -0.393 e. The van der Waals surface area contributed by atoms with Crippen molar-refractivity contribution in [1.82, 2.24) is 15.0 Å². The minimum absolute atomic E-state index is 0.246. The number of aliphatic hydroxyl groups excluding tert-OH is 1. The van der Waals surface area contributed by atoms with Crippen LogP contribution in [0.15, 0.2) is 4.52 Å². The van der Waals surface area contributed by atoms with E-state index in [1.54, 1.807) is 0 Å². The fraction of sp³-hybridized carbons (Fsp3) is 0.846. The molecular weight excluding hydrogens is 230 g/mol. The predicted molar refractivity (Wildman–Crippen MR) is 68.0 cm³/mol. The molecule has 0 aromatic carbocycles. The molecule has 0 spiro atoms. The van der Waals surface area contributed by atoms with Gasteiger partial charge >= 0.3 is 0 Å². The average Bonchev–Trinajstić information content (AvgIpc) is 2.79. The van der Waals surface area contributed by atoms with Gasteiger partial charge in [-0.2, -0.15) is 4.98 Å². The molecule has 1 aliphatic rings. The van der Waals surface area contributed by atoms with Crippen LogP contribution in [-0.4, -0.2) is 38.8 Å². The Hall–Kier alpha value is -0.940. The molecule has 1 N–H and O–H groups in total. The van der Waals surface area contributed by atoms with Crippen LogP contribution in [0.2, 0.25) is 0 Å². The van der Waals surface area contributed by atoms with Crippen LogP contribution in [0.5, 0.6) is 0 Å². The number of aliphatic hydroxyl groups is 1. The Morgan fingerprint density at radius 1 is 1.50 bits per heavy atom. The van der Waals surface area contributed by atoms with Crippen molar-refractivity contribution in [2.24, 2.45) is 0 Å². The van der Waals surface area contributed by atoms with Crippen LogP contribution in [0.25, 0.3) is 0 Å². The maximum Gasteiger partial charge on any atom is 0.240 e. The zero-order valence-electron chi connectivity index (χ0n) is 11.3. The number of piperidine rings is 1. The summed E-state index contributed by atoms with van der Waals surface area (Å²) in [5.74, 6) is 1.47. The Labute approximate surface area is 108 Å². The zero-order valence-corrected chi connectivity index (χ0v) is 11.3. The highest BCUT2D eigenvalue weighted by Gasteiger charge is 2.25. The predicted octanol–water partition coefficient (Wildman–Crippen LogP) is 1.76. The highest BCUT2D eigenvalue weighted by molar-refractivity contribution is 4.88. The van der Waals surface area contributed by atoms with Crippen molar-refractivity contribution in [1.29, 1.82) is 0 Å². The molecule has 5 heteroatoms. The molecule has 1 aromatic heterocycles. The van der Waals surface area contributed by atoms with Crippen LogP contribution < -0.4 is 0 Å². The molecule has 0 aliphatic carbocycles. The van der Waals surface area contributed by atoms with Gasteiger partial charge in [0, 0.05) is 12.5 Å². The maximum atomic E-state index is 9.55. The number of rotatable bonds is 5. The standard InChI is InChI=1S/C13H23N3O2/c1-3-12-14-13(18-15-12)9-16-7-5-4-6-11(16)8-10(2)17/h10-11,17H,3-9H2,1-2H3. The summed E-state index contributed by atoms with van der Waals surface area (Å²) in [7, 11) is 0. The van der Waals surface area contributed by atoms with Crippen LogP contribution in [0.1, 0.15) is 51.2 Å². The van der Waals surface area contributed by atoms with E-state index in [2.05, 4.69) is 15.0 Å². The summed E-state index contributed by atoms with van der Waals surface area (Å²) >= 11 is 0. The van der Waals surface area contributed by atoms with Crippen LogP contribution in [0, 0.1) is 0 Å². The zero-order chi connectivity index (χ0) is 13.0. The third-order valence-corrected chi connectivity index (χ3v) is 3.53. The maximum absolute atomic E-state index is 9.55. The third kappa shape index (κ3) is 3.53. The minimum atomic E-state index is -0.246. The Kier molecular flexibility index (Phi) is 4.72. The van der Waals surface area contributed by atoms with Gasteiger partial charge in [0.2, 0.25) is 5.89 Å². The van der Waals surface area contributed by atoms with Crippen molar-refractivity contribution in [2.75, 3.05) is 6.54 Å². The van der Waals surface area contributed by atoms with Crippen LogP contribution in [0.4, 0.5) is 0 Å². The van der Waals surface area contributed by atoms with Gasteiger partial charge in [-0.15, -0.1) is 0 Å². The normalized spacial score (nSPS) is 23.2. The van der Waals surface area contributed by atoms with Gasteiger partial charge in [0.1, 0.15) is 0 Å². The Morgan fingerprint density at radius 3 is 3.00 bits per heavy atom. The fourth-order valence-electron chi connectivity index (χ4n) is 2.60. The molecule has 18 heavy (non-hydrogen) atoms. The van der Waals surface area contributed by atoms with E-state index >= 15 is 0 Å². The second kappa shape index (κ2) is 6.29. The Bertz CT molecular complexity index is 365. The van der Waals surface area contributed by atoms with Gasteiger partial charge in [0.15, 0.2) is 5.82 Å². The fourth-order valence-corrected chi connectivity index (χ4v) is 2.60. The van der Waals surface area contributed by atoms with Gasteiger partial charge in [0.05, 0.1) is 12.6 Å². The number of aromatic nitrogens is 2. The highest BCUT2D eigenvalue weighted by Crippen LogP contribution is 2.22. The molecule has 0 bridgehead atoms. The van der Waals surface area contributed by atoms with E-state index < -0.39 is 0 Å². The van der Waals surface area contributed by atoms with E-state index in [9.17, 15) is 5.11 Å². The quantitative estimate of drug-likeness (QED) is 0.866. The first kappa shape index (κ1) is 13.5. The Balaban J connectivity index is 1.96. The summed E-state index contributed by atoms with van der Waals surface area (Å²) in [6, 6.07) is 0.440. The van der Waals surface area contributed by atoms with Crippen molar-refractivity contribution in [2.45, 2.75) is 64.6 Å². The molecule has 1 aromatic rings. The third-order valence-electron chi connectivity index (χ3n) is 3.53. The van der Waals surface area contributed by atoms with Gasteiger partial charge in [0.25, 0.3) is 0 Å². The number of likely N-dealkylation sites (tertiary alicyclic amines) is 1. The summed E-state index contributed by atoms with van der Waals surface area (Å²) < 4.78 is 5.25. The topological polar surface area (TPSA) is 62.4 Å². The second-order valence-corrected chi connectivity index (χ2v) is 5.16. The lowest BCUT2D eigenvalue weighted by molar-refractivity contribution is 0.0739. The first-order chi connectivity index (χ1) is 8.69. The van der Waals surface area contributed by atoms with Gasteiger partial charge in [-0.05, 0) is 32.7 Å². The molecule has 1 saturated heterocycles. The number of hydrogen-bond donors (Lipinski definition) is 1. The van der Waals surface area contributed by atoms with Gasteiger partial charge in [-0.3, -0.25) is 4.90 Å². The molecule has 0 amide bonds. The van der Waals surface area contributed by atoms with E-state index in [0.717, 1.165) is 31.6 Å². The number of aryl methyl sites for hydroxylation is 1. The second-order valence-electron chi connectivity index (χ2n) is 5.16. The van der Waals surface area contributed by atoms with Crippen molar-refractivity contribution in [3.8, 4) is 0 Å². The van der Waals surface area contributed by atoms with Gasteiger partial charge < -0.3 is 9.63 Å². The van der Waals surface area contributed by atoms with Gasteiger partial charge in [-0.1, -0.05) is 18.5 Å². The van der Waals surface area contributed by atoms with E-state index in [4.69, 9.17) is 4.52 Å². The summed E-state index contributed by atoms with van der Waals surface area (Å²) in [6.45, 7) is 5.64. The van der Waals surface area contributed by atoms with Crippen molar-refractivity contribution in [3.05, 3.63) is 11.7 Å². The molecule has 0 radical (unpaired) electrons. The monoisotopic (exact) mass is 253 g/mol. The molecular formula is C13H23N3O2. The molecule has 2 rings (SSSR count). The molecule has 102 valence electrons. The summed E-state index contributed by atoms with van der Waals surface area (Å²) in [5, 5.41) is 13.5. The molecule has 2 atom stereocenters. The lowest BCUT2D eigenvalue weighted by atomic mass is 9.97. The van der Waals surface area contributed by atoms with Crippen molar-refractivity contribution >= 4 is 0 Å². The van der Waals surface area contributed by atoms with E-state index in [-0.39, 0.29) is 6.10 Å². The lowest BCUT2D eigenvalue weighted by Crippen LogP contribution is -2.40. The molecule has 2 unspecified atom stereocenters. The molecule has 0 saturated carbocycles. The molecule has 2 heterocycles. The summed E-state index contributed by atoms with van der Waals surface area (Å²) in [6.07, 6.45) is 5.00. The van der Waals surface area contributed by atoms with E-state index in [0.29, 0.717) is 18.5 Å². The molecule has 5 nitrogen and oxygen atoms in total. The SMILES string of the molecule is CCc1noc(CN2CCCCC2CC(C)O)n1. The smallest absolute Gasteiger partial charge is 0.240 e. The largest absolute Gasteiger partial charge is 0.393 e. The lowest BCUT2D eigenvalue weighted by Gasteiger charge is -2.35. The summed E-state index contributed by atoms with van der Waals surface area (Å²) in [5.41, 5.74) is 0. The van der Waals surface area contributed by atoms with Crippen molar-refractivity contribution < 1.29 is 9.63 Å². The summed E-state index contributed by atoms with van der Waals surface area (Å²) in [4.78, 5) is 6.72. The first-order valence-electron chi connectivity index (χ1n) is 6.92. The van der Waals surface area contributed by atoms with Crippen LogP contribution in [-0.2, 0) is 13.0 Å². The highest BCUT2D eigenvalue weighted by atomic mass is 16.5. The van der Waals surface area contributed by atoms with Crippen LogP contribution >= 0.6 is 0 Å². The van der Waals surface area contributed by atoms with Crippen LogP contribution in [0.3, 0.4) is 0 Å². The van der Waals surface area contributed by atoms with E-state index in [1.165, 1.54) is 12.8 Å². The van der Waals surface area contributed by atoms with Gasteiger partial charge in [-0.25, -0.2) is 0 Å².